The molecule has 0 aromatic heterocycles. The van der Waals surface area contributed by atoms with Crippen molar-refractivity contribution in [2.75, 3.05) is 11.5 Å². The molecule has 1 aliphatic heterocycles. The third-order valence-electron chi connectivity index (χ3n) is 6.03. The highest BCUT2D eigenvalue weighted by Gasteiger charge is 2.50. The molecule has 2 aromatic rings. The van der Waals surface area contributed by atoms with Crippen LogP contribution in [0.4, 0.5) is 10.1 Å². The number of ketones is 1. The van der Waals surface area contributed by atoms with Crippen molar-refractivity contribution < 1.29 is 28.3 Å². The van der Waals surface area contributed by atoms with Crippen LogP contribution in [0, 0.1) is 23.6 Å². The molecule has 160 valence electrons. The monoisotopic (exact) mass is 423 g/mol. The third kappa shape index (κ3) is 4.13. The number of amides is 2. The van der Waals surface area contributed by atoms with Gasteiger partial charge in [0.1, 0.15) is 5.82 Å². The van der Waals surface area contributed by atoms with Crippen LogP contribution in [-0.4, -0.2) is 30.2 Å². The third-order valence-corrected chi connectivity index (χ3v) is 6.03. The average molecular weight is 423 g/mol. The molecule has 1 saturated carbocycles. The lowest BCUT2D eigenvalue weighted by atomic mass is 9.76. The number of esters is 1. The predicted molar refractivity (Wildman–Crippen MR) is 110 cm³/mol. The lowest BCUT2D eigenvalue weighted by molar-refractivity contribution is -0.122. The van der Waals surface area contributed by atoms with Crippen molar-refractivity contribution in [3.63, 3.8) is 0 Å². The highest BCUT2D eigenvalue weighted by Crippen LogP contribution is 2.42. The molecule has 2 aromatic carbocycles. The quantitative estimate of drug-likeness (QED) is 0.415. The van der Waals surface area contributed by atoms with Crippen LogP contribution in [0.5, 0.6) is 0 Å². The first-order valence-corrected chi connectivity index (χ1v) is 10.3. The molecule has 0 bridgehead atoms. The number of fused-ring (bicyclic) bond motifs is 1. The van der Waals surface area contributed by atoms with E-state index in [1.54, 1.807) is 12.1 Å². The Bertz CT molecular complexity index is 1050. The Balaban J connectivity index is 1.46. The summed E-state index contributed by atoms with van der Waals surface area (Å²) in [5.41, 5.74) is 0.692. The minimum absolute atomic E-state index is 0.133. The van der Waals surface area contributed by atoms with E-state index in [9.17, 15) is 23.6 Å². The van der Waals surface area contributed by atoms with Crippen molar-refractivity contribution in [1.29, 1.82) is 0 Å². The molecule has 1 saturated heterocycles. The van der Waals surface area contributed by atoms with Gasteiger partial charge in [0.05, 0.1) is 23.1 Å². The van der Waals surface area contributed by atoms with E-state index in [1.807, 2.05) is 0 Å². The molecule has 3 atom stereocenters. The average Bonchev–Trinajstić information content (AvgIpc) is 3.01. The molecule has 0 radical (unpaired) electrons. The maximum atomic E-state index is 13.0. The summed E-state index contributed by atoms with van der Waals surface area (Å²) < 4.78 is 18.1. The summed E-state index contributed by atoms with van der Waals surface area (Å²) in [6, 6.07) is 11.0. The van der Waals surface area contributed by atoms with Gasteiger partial charge in [-0.25, -0.2) is 9.18 Å². The van der Waals surface area contributed by atoms with Gasteiger partial charge in [-0.3, -0.25) is 19.3 Å². The fraction of sp³-hybridized carbons (Fsp3) is 0.333. The molecule has 6 nitrogen and oxygen atoms in total. The van der Waals surface area contributed by atoms with Crippen molar-refractivity contribution in [2.24, 2.45) is 17.8 Å². The molecular weight excluding hydrogens is 401 g/mol. The second-order valence-electron chi connectivity index (χ2n) is 8.20. The van der Waals surface area contributed by atoms with Gasteiger partial charge in [0.2, 0.25) is 11.8 Å². The van der Waals surface area contributed by atoms with Crippen molar-refractivity contribution in [1.82, 2.24) is 0 Å². The van der Waals surface area contributed by atoms with E-state index in [4.69, 9.17) is 4.74 Å². The number of carbonyl (C=O) groups excluding carboxylic acids is 4. The number of ether oxygens (including phenoxy) is 1. The molecule has 1 heterocycles. The highest BCUT2D eigenvalue weighted by atomic mass is 19.1. The number of nitrogens with zero attached hydrogens (tertiary/aromatic N) is 1. The SMILES string of the molecule is C[C@H]1CC[C@H]2C(=O)N(c3cccc(C(=O)OCC(=O)c4ccc(F)cc4)c3)C(=O)[C@@H]2C1. The van der Waals surface area contributed by atoms with Crippen LogP contribution in [0.2, 0.25) is 0 Å². The fourth-order valence-corrected chi connectivity index (χ4v) is 4.35. The van der Waals surface area contributed by atoms with E-state index < -0.39 is 24.2 Å². The van der Waals surface area contributed by atoms with Crippen LogP contribution in [0.1, 0.15) is 46.9 Å². The molecule has 2 aliphatic rings. The zero-order valence-electron chi connectivity index (χ0n) is 17.0. The van der Waals surface area contributed by atoms with Gasteiger partial charge in [0.25, 0.3) is 0 Å². The Morgan fingerprint density at radius 1 is 1.00 bits per heavy atom. The number of benzene rings is 2. The van der Waals surface area contributed by atoms with Crippen molar-refractivity contribution in [3.8, 4) is 0 Å². The number of rotatable bonds is 5. The van der Waals surface area contributed by atoms with Gasteiger partial charge in [0, 0.05) is 5.56 Å². The number of hydrogen-bond acceptors (Lipinski definition) is 5. The standard InChI is InChI=1S/C24H22FNO5/c1-14-5-10-19-20(11-14)23(29)26(22(19)28)18-4-2-3-16(12-18)24(30)31-13-21(27)15-6-8-17(25)9-7-15/h2-4,6-9,12,14,19-20H,5,10-11,13H2,1H3/t14-,19+,20+/m0/s1. The van der Waals surface area contributed by atoms with Gasteiger partial charge in [-0.1, -0.05) is 13.0 Å². The maximum absolute atomic E-state index is 13.0. The molecule has 0 unspecified atom stereocenters. The van der Waals surface area contributed by atoms with Gasteiger partial charge in [-0.2, -0.15) is 0 Å². The summed E-state index contributed by atoms with van der Waals surface area (Å²) >= 11 is 0. The second-order valence-corrected chi connectivity index (χ2v) is 8.20. The number of halogens is 1. The second kappa shape index (κ2) is 8.41. The van der Waals surface area contributed by atoms with Crippen LogP contribution in [0.3, 0.4) is 0 Å². The van der Waals surface area contributed by atoms with Crippen LogP contribution in [0.25, 0.3) is 0 Å². The fourth-order valence-electron chi connectivity index (χ4n) is 4.35. The molecule has 2 fully saturated rings. The first kappa shape index (κ1) is 20.9. The van der Waals surface area contributed by atoms with E-state index in [1.165, 1.54) is 29.2 Å². The van der Waals surface area contributed by atoms with E-state index in [-0.39, 0.29) is 34.8 Å². The summed E-state index contributed by atoms with van der Waals surface area (Å²) in [5, 5.41) is 0. The first-order valence-electron chi connectivity index (χ1n) is 10.3. The number of Topliss-reactive ketones (excluding diaryl/α,β-unsaturated/α-hetero) is 1. The van der Waals surface area contributed by atoms with E-state index >= 15 is 0 Å². The van der Waals surface area contributed by atoms with Gasteiger partial charge in [0.15, 0.2) is 12.4 Å². The number of hydrogen-bond donors (Lipinski definition) is 0. The molecule has 4 rings (SSSR count). The Labute approximate surface area is 179 Å². The van der Waals surface area contributed by atoms with Crippen LogP contribution < -0.4 is 4.90 Å². The summed E-state index contributed by atoms with van der Waals surface area (Å²) in [7, 11) is 0. The van der Waals surface area contributed by atoms with Crippen LogP contribution in [-0.2, 0) is 14.3 Å². The summed E-state index contributed by atoms with van der Waals surface area (Å²) in [6.07, 6.45) is 2.31. The number of anilines is 1. The molecular formula is C24H22FNO5. The molecule has 0 N–H and O–H groups in total. The number of carbonyl (C=O) groups is 4. The van der Waals surface area contributed by atoms with Gasteiger partial charge >= 0.3 is 5.97 Å². The number of imide groups is 1. The zero-order chi connectivity index (χ0) is 22.1. The predicted octanol–water partition coefficient (Wildman–Crippen LogP) is 3.79. The normalized spacial score (nSPS) is 22.9. The van der Waals surface area contributed by atoms with Crippen molar-refractivity contribution >= 4 is 29.3 Å². The first-order chi connectivity index (χ1) is 14.8. The Hall–Kier alpha value is -3.35. The molecule has 2 amide bonds. The van der Waals surface area contributed by atoms with Gasteiger partial charge in [-0.15, -0.1) is 0 Å². The lowest BCUT2D eigenvalue weighted by Crippen LogP contribution is -2.31. The van der Waals surface area contributed by atoms with Gasteiger partial charge in [-0.05, 0) is 67.6 Å². The topological polar surface area (TPSA) is 80.8 Å². The Morgan fingerprint density at radius 3 is 2.45 bits per heavy atom. The Kier molecular flexibility index (Phi) is 5.67. The van der Waals surface area contributed by atoms with Crippen LogP contribution >= 0.6 is 0 Å². The molecule has 7 heteroatoms. The molecule has 1 aliphatic carbocycles. The van der Waals surface area contributed by atoms with E-state index in [0.29, 0.717) is 24.4 Å². The maximum Gasteiger partial charge on any atom is 0.338 e. The van der Waals surface area contributed by atoms with Crippen molar-refractivity contribution in [3.05, 3.63) is 65.5 Å². The van der Waals surface area contributed by atoms with E-state index in [2.05, 4.69) is 6.92 Å². The Morgan fingerprint density at radius 2 is 1.71 bits per heavy atom. The zero-order valence-corrected chi connectivity index (χ0v) is 17.0. The molecule has 0 spiro atoms. The summed E-state index contributed by atoms with van der Waals surface area (Å²) in [6.45, 7) is 1.58. The van der Waals surface area contributed by atoms with Crippen molar-refractivity contribution in [2.45, 2.75) is 26.2 Å². The molecule has 31 heavy (non-hydrogen) atoms. The van der Waals surface area contributed by atoms with Crippen LogP contribution in [0.15, 0.2) is 48.5 Å². The lowest BCUT2D eigenvalue weighted by Gasteiger charge is -2.25. The minimum Gasteiger partial charge on any atom is -0.454 e. The van der Waals surface area contributed by atoms with E-state index in [0.717, 1.165) is 18.6 Å². The highest BCUT2D eigenvalue weighted by molar-refractivity contribution is 6.22. The smallest absolute Gasteiger partial charge is 0.338 e. The summed E-state index contributed by atoms with van der Waals surface area (Å²) in [5.74, 6) is -2.33. The summed E-state index contributed by atoms with van der Waals surface area (Å²) in [4.78, 5) is 51.5. The minimum atomic E-state index is -0.748. The van der Waals surface area contributed by atoms with Gasteiger partial charge < -0.3 is 4.74 Å². The largest absolute Gasteiger partial charge is 0.454 e.